The van der Waals surface area contributed by atoms with E-state index in [4.69, 9.17) is 23.2 Å². The van der Waals surface area contributed by atoms with E-state index in [1.165, 1.54) is 4.31 Å². The Labute approximate surface area is 124 Å². The largest absolute Gasteiger partial charge is 0.244 e. The molecule has 1 aliphatic rings. The highest BCUT2D eigenvalue weighted by atomic mass is 35.5. The summed E-state index contributed by atoms with van der Waals surface area (Å²) in [6.07, 6.45) is 1.60. The molecule has 0 amide bonds. The third-order valence-electron chi connectivity index (χ3n) is 3.60. The van der Waals surface area contributed by atoms with Crippen LogP contribution in [0, 0.1) is 5.92 Å². The Morgan fingerprint density at radius 2 is 1.84 bits per heavy atom. The molecule has 3 nitrogen and oxygen atoms in total. The van der Waals surface area contributed by atoms with Crippen LogP contribution in [-0.4, -0.2) is 31.2 Å². The first kappa shape index (κ1) is 15.1. The maximum Gasteiger partial charge on any atom is 0.244 e. The van der Waals surface area contributed by atoms with Crippen molar-refractivity contribution < 1.29 is 8.42 Å². The fourth-order valence-electron chi connectivity index (χ4n) is 2.37. The number of piperidine rings is 1. The third-order valence-corrected chi connectivity index (χ3v) is 6.36. The highest BCUT2D eigenvalue weighted by molar-refractivity contribution is 7.89. The highest BCUT2D eigenvalue weighted by Gasteiger charge is 2.31. The van der Waals surface area contributed by atoms with Gasteiger partial charge in [-0.3, -0.25) is 0 Å². The van der Waals surface area contributed by atoms with Crippen LogP contribution in [0.2, 0.25) is 5.02 Å². The molecular formula is C13H17Cl2NO2S. The van der Waals surface area contributed by atoms with Crippen molar-refractivity contribution in [1.29, 1.82) is 0 Å². The van der Waals surface area contributed by atoms with Crippen LogP contribution in [0.1, 0.15) is 19.8 Å². The van der Waals surface area contributed by atoms with E-state index >= 15 is 0 Å². The number of hydrogen-bond acceptors (Lipinski definition) is 2. The van der Waals surface area contributed by atoms with Gasteiger partial charge >= 0.3 is 0 Å². The van der Waals surface area contributed by atoms with E-state index in [1.807, 2.05) is 6.92 Å². The lowest BCUT2D eigenvalue weighted by Crippen LogP contribution is -2.40. The zero-order chi connectivity index (χ0) is 14.0. The van der Waals surface area contributed by atoms with E-state index in [0.717, 1.165) is 12.8 Å². The van der Waals surface area contributed by atoms with Gasteiger partial charge in [-0.15, -0.1) is 11.6 Å². The number of nitrogens with zero attached hydrogens (tertiary/aromatic N) is 1. The van der Waals surface area contributed by atoms with Gasteiger partial charge in [-0.2, -0.15) is 4.31 Å². The molecule has 2 rings (SSSR count). The SMILES string of the molecule is CC(Cl)C1CCN(S(=O)(=O)c2ccccc2Cl)CC1. The topological polar surface area (TPSA) is 37.4 Å². The normalized spacial score (nSPS) is 20.4. The summed E-state index contributed by atoms with van der Waals surface area (Å²) in [4.78, 5) is 0.189. The van der Waals surface area contributed by atoms with Crippen LogP contribution in [0.25, 0.3) is 0 Å². The molecule has 1 atom stereocenters. The van der Waals surface area contributed by atoms with Crippen molar-refractivity contribution >= 4 is 33.2 Å². The fraction of sp³-hybridized carbons (Fsp3) is 0.538. The van der Waals surface area contributed by atoms with E-state index in [0.29, 0.717) is 19.0 Å². The van der Waals surface area contributed by atoms with Gasteiger partial charge in [0.15, 0.2) is 0 Å². The Morgan fingerprint density at radius 1 is 1.26 bits per heavy atom. The second-order valence-electron chi connectivity index (χ2n) is 4.85. The highest BCUT2D eigenvalue weighted by Crippen LogP contribution is 2.30. The Bertz CT molecular complexity index is 537. The maximum atomic E-state index is 12.5. The molecule has 19 heavy (non-hydrogen) atoms. The van der Waals surface area contributed by atoms with Crippen molar-refractivity contribution in [2.75, 3.05) is 13.1 Å². The lowest BCUT2D eigenvalue weighted by Gasteiger charge is -2.32. The van der Waals surface area contributed by atoms with Crippen LogP contribution in [0.15, 0.2) is 29.2 Å². The number of rotatable bonds is 3. The summed E-state index contributed by atoms with van der Waals surface area (Å²) in [5.74, 6) is 0.388. The monoisotopic (exact) mass is 321 g/mol. The van der Waals surface area contributed by atoms with Crippen molar-refractivity contribution in [3.63, 3.8) is 0 Å². The van der Waals surface area contributed by atoms with Gasteiger partial charge in [0, 0.05) is 18.5 Å². The smallest absolute Gasteiger partial charge is 0.207 e. The first-order valence-corrected chi connectivity index (χ1v) is 8.57. The summed E-state index contributed by atoms with van der Waals surface area (Å²) in [5, 5.41) is 0.362. The Kier molecular flexibility index (Phi) is 4.77. The predicted molar refractivity (Wildman–Crippen MR) is 78.2 cm³/mol. The molecular weight excluding hydrogens is 305 g/mol. The maximum absolute atomic E-state index is 12.5. The van der Waals surface area contributed by atoms with E-state index in [-0.39, 0.29) is 15.3 Å². The fourth-order valence-corrected chi connectivity index (χ4v) is 4.58. The van der Waals surface area contributed by atoms with Gasteiger partial charge in [0.05, 0.1) is 5.02 Å². The average Bonchev–Trinajstić information content (AvgIpc) is 2.39. The molecule has 0 saturated carbocycles. The van der Waals surface area contributed by atoms with Crippen LogP contribution in [0.5, 0.6) is 0 Å². The molecule has 106 valence electrons. The molecule has 0 aliphatic carbocycles. The molecule has 1 heterocycles. The predicted octanol–water partition coefficient (Wildman–Crippen LogP) is 3.37. The molecule has 1 saturated heterocycles. The number of benzene rings is 1. The number of halogens is 2. The van der Waals surface area contributed by atoms with Gasteiger partial charge in [-0.05, 0) is 37.8 Å². The van der Waals surface area contributed by atoms with E-state index in [2.05, 4.69) is 0 Å². The van der Waals surface area contributed by atoms with Gasteiger partial charge < -0.3 is 0 Å². The molecule has 1 aromatic carbocycles. The molecule has 0 radical (unpaired) electrons. The Morgan fingerprint density at radius 3 is 2.37 bits per heavy atom. The third kappa shape index (κ3) is 3.24. The number of sulfonamides is 1. The standard InChI is InChI=1S/C13H17Cl2NO2S/c1-10(14)11-6-8-16(9-7-11)19(17,18)13-5-3-2-4-12(13)15/h2-5,10-11H,6-9H2,1H3. The van der Waals surface area contributed by atoms with Gasteiger partial charge in [-0.1, -0.05) is 23.7 Å². The molecule has 1 aliphatic heterocycles. The van der Waals surface area contributed by atoms with Crippen molar-refractivity contribution in [3.05, 3.63) is 29.3 Å². The van der Waals surface area contributed by atoms with Crippen molar-refractivity contribution in [2.45, 2.75) is 30.0 Å². The zero-order valence-corrected chi connectivity index (χ0v) is 13.0. The van der Waals surface area contributed by atoms with E-state index in [1.54, 1.807) is 24.3 Å². The minimum Gasteiger partial charge on any atom is -0.207 e. The summed E-state index contributed by atoms with van der Waals surface area (Å²) in [6, 6.07) is 6.56. The first-order valence-electron chi connectivity index (χ1n) is 6.31. The van der Waals surface area contributed by atoms with Gasteiger partial charge in [0.2, 0.25) is 10.0 Å². The summed E-state index contributed by atoms with van der Waals surface area (Å²) in [6.45, 7) is 2.98. The Balaban J connectivity index is 2.17. The molecule has 0 spiro atoms. The van der Waals surface area contributed by atoms with Crippen LogP contribution >= 0.6 is 23.2 Å². The molecule has 0 N–H and O–H groups in total. The van der Waals surface area contributed by atoms with Gasteiger partial charge in [0.25, 0.3) is 0 Å². The molecule has 1 fully saturated rings. The van der Waals surface area contributed by atoms with Crippen molar-refractivity contribution in [1.82, 2.24) is 4.31 Å². The minimum absolute atomic E-state index is 0.0881. The Hall–Kier alpha value is -0.290. The number of alkyl halides is 1. The van der Waals surface area contributed by atoms with Crippen LogP contribution < -0.4 is 0 Å². The molecule has 1 aromatic rings. The molecule has 1 unspecified atom stereocenters. The quantitative estimate of drug-likeness (QED) is 0.800. The molecule has 0 aromatic heterocycles. The second-order valence-corrected chi connectivity index (χ2v) is 7.85. The lowest BCUT2D eigenvalue weighted by atomic mass is 9.95. The summed E-state index contributed by atoms with van der Waals surface area (Å²) in [5.41, 5.74) is 0. The minimum atomic E-state index is -3.48. The van der Waals surface area contributed by atoms with Gasteiger partial charge in [0.1, 0.15) is 4.90 Å². The summed E-state index contributed by atoms with van der Waals surface area (Å²) in [7, 11) is -3.48. The lowest BCUT2D eigenvalue weighted by molar-refractivity contribution is 0.271. The summed E-state index contributed by atoms with van der Waals surface area (Å²) < 4.78 is 26.5. The van der Waals surface area contributed by atoms with Crippen molar-refractivity contribution in [3.8, 4) is 0 Å². The van der Waals surface area contributed by atoms with Crippen LogP contribution in [0.4, 0.5) is 0 Å². The van der Waals surface area contributed by atoms with E-state index in [9.17, 15) is 8.42 Å². The van der Waals surface area contributed by atoms with Gasteiger partial charge in [-0.25, -0.2) is 8.42 Å². The van der Waals surface area contributed by atoms with Crippen LogP contribution in [-0.2, 0) is 10.0 Å². The second kappa shape index (κ2) is 6.00. The molecule has 0 bridgehead atoms. The van der Waals surface area contributed by atoms with Crippen molar-refractivity contribution in [2.24, 2.45) is 5.92 Å². The zero-order valence-electron chi connectivity index (χ0n) is 10.7. The summed E-state index contributed by atoms with van der Waals surface area (Å²) >= 11 is 12.1. The number of hydrogen-bond donors (Lipinski definition) is 0. The first-order chi connectivity index (χ1) is 8.93. The van der Waals surface area contributed by atoms with E-state index < -0.39 is 10.0 Å². The average molecular weight is 322 g/mol. The van der Waals surface area contributed by atoms with Crippen LogP contribution in [0.3, 0.4) is 0 Å². The molecule has 6 heteroatoms.